The Labute approximate surface area is 246 Å². The lowest BCUT2D eigenvalue weighted by Crippen LogP contribution is -2.61. The lowest BCUT2D eigenvalue weighted by atomic mass is 9.98. The number of carbonyl (C=O) groups excluding carboxylic acids is 3. The summed E-state index contributed by atoms with van der Waals surface area (Å²) in [7, 11) is 0. The minimum atomic E-state index is -0.664. The highest BCUT2D eigenvalue weighted by Gasteiger charge is 2.36. The van der Waals surface area contributed by atoms with Crippen molar-refractivity contribution in [3.8, 4) is 11.1 Å². The van der Waals surface area contributed by atoms with Gasteiger partial charge in [0, 0.05) is 19.0 Å². The predicted octanol–water partition coefficient (Wildman–Crippen LogP) is 5.83. The molecule has 9 heteroatoms. The average Bonchev–Trinajstić information content (AvgIpc) is 3.29. The highest BCUT2D eigenvalue weighted by atomic mass is 16.6. The van der Waals surface area contributed by atoms with E-state index >= 15 is 0 Å². The topological polar surface area (TPSA) is 106 Å². The van der Waals surface area contributed by atoms with Gasteiger partial charge in [0.05, 0.1) is 12.1 Å². The van der Waals surface area contributed by atoms with Crippen LogP contribution in [0.3, 0.4) is 0 Å². The van der Waals surface area contributed by atoms with Crippen LogP contribution in [0.25, 0.3) is 11.1 Å². The van der Waals surface area contributed by atoms with E-state index in [1.807, 2.05) is 54.6 Å². The van der Waals surface area contributed by atoms with E-state index in [2.05, 4.69) is 34.9 Å². The summed E-state index contributed by atoms with van der Waals surface area (Å²) in [6.07, 6.45) is -1.31. The molecule has 3 amide bonds. The summed E-state index contributed by atoms with van der Waals surface area (Å²) in [5.41, 5.74) is 4.70. The van der Waals surface area contributed by atoms with Crippen molar-refractivity contribution in [2.45, 2.75) is 57.4 Å². The summed E-state index contributed by atoms with van der Waals surface area (Å²) in [4.78, 5) is 40.1. The molecule has 2 atom stereocenters. The van der Waals surface area contributed by atoms with Crippen molar-refractivity contribution in [3.63, 3.8) is 0 Å². The predicted molar refractivity (Wildman–Crippen MR) is 158 cm³/mol. The number of piperidine rings is 1. The van der Waals surface area contributed by atoms with E-state index in [9.17, 15) is 14.4 Å². The molecular formula is C33H37N3O6. The molecule has 0 unspecified atom stereocenters. The summed E-state index contributed by atoms with van der Waals surface area (Å²) in [6, 6.07) is 24.5. The molecule has 0 spiro atoms. The number of fused-ring (bicyclic) bond motifs is 3. The Kier molecular flexibility index (Phi) is 8.66. The smallest absolute Gasteiger partial charge is 0.410 e. The van der Waals surface area contributed by atoms with Gasteiger partial charge in [0.25, 0.3) is 0 Å². The molecule has 1 saturated heterocycles. The number of hydrogen-bond donors (Lipinski definition) is 2. The minimum Gasteiger partial charge on any atom is -0.449 e. The molecule has 42 heavy (non-hydrogen) atoms. The first-order chi connectivity index (χ1) is 20.2. The van der Waals surface area contributed by atoms with Crippen molar-refractivity contribution in [2.24, 2.45) is 0 Å². The Morgan fingerprint density at radius 1 is 0.786 bits per heavy atom. The van der Waals surface area contributed by atoms with Crippen LogP contribution in [0.2, 0.25) is 0 Å². The Morgan fingerprint density at radius 2 is 1.36 bits per heavy atom. The van der Waals surface area contributed by atoms with Gasteiger partial charge in [0.1, 0.15) is 18.8 Å². The van der Waals surface area contributed by atoms with Crippen LogP contribution < -0.4 is 10.6 Å². The fraction of sp³-hybridized carbons (Fsp3) is 0.364. The van der Waals surface area contributed by atoms with Gasteiger partial charge in [-0.25, -0.2) is 14.4 Å². The number of likely N-dealkylation sites (tertiary alicyclic amines) is 1. The van der Waals surface area contributed by atoms with Gasteiger partial charge in [0.15, 0.2) is 0 Å². The van der Waals surface area contributed by atoms with E-state index in [4.69, 9.17) is 14.2 Å². The van der Waals surface area contributed by atoms with E-state index < -0.39 is 36.0 Å². The van der Waals surface area contributed by atoms with E-state index in [1.165, 1.54) is 4.90 Å². The van der Waals surface area contributed by atoms with Crippen LogP contribution in [0.5, 0.6) is 0 Å². The summed E-state index contributed by atoms with van der Waals surface area (Å²) in [5.74, 6) is -0.0883. The van der Waals surface area contributed by atoms with Gasteiger partial charge in [-0.15, -0.1) is 0 Å². The number of alkyl carbamates (subject to hydrolysis) is 2. The lowest BCUT2D eigenvalue weighted by Gasteiger charge is -2.39. The van der Waals surface area contributed by atoms with Crippen molar-refractivity contribution in [1.29, 1.82) is 0 Å². The van der Waals surface area contributed by atoms with Gasteiger partial charge >= 0.3 is 18.3 Å². The van der Waals surface area contributed by atoms with Crippen molar-refractivity contribution in [3.05, 3.63) is 95.6 Å². The number of ether oxygens (including phenoxy) is 3. The molecule has 3 aromatic carbocycles. The second-order valence-corrected chi connectivity index (χ2v) is 11.6. The first kappa shape index (κ1) is 29.0. The summed E-state index contributed by atoms with van der Waals surface area (Å²) >= 11 is 0. The minimum absolute atomic E-state index is 0.0883. The summed E-state index contributed by atoms with van der Waals surface area (Å²) in [5, 5.41) is 5.75. The van der Waals surface area contributed by atoms with Crippen LogP contribution in [-0.4, -0.2) is 60.6 Å². The molecule has 0 aromatic heterocycles. The number of carbonyl (C=O) groups is 3. The third-order valence-electron chi connectivity index (χ3n) is 7.43. The lowest BCUT2D eigenvalue weighted by molar-refractivity contribution is 0.0157. The summed E-state index contributed by atoms with van der Waals surface area (Å²) < 4.78 is 16.7. The molecule has 2 N–H and O–H groups in total. The van der Waals surface area contributed by atoms with Crippen molar-refractivity contribution in [1.82, 2.24) is 15.5 Å². The largest absolute Gasteiger partial charge is 0.449 e. The fourth-order valence-corrected chi connectivity index (χ4v) is 5.47. The van der Waals surface area contributed by atoms with E-state index in [1.54, 1.807) is 20.8 Å². The number of benzene rings is 3. The molecule has 9 nitrogen and oxygen atoms in total. The molecule has 0 bridgehead atoms. The van der Waals surface area contributed by atoms with Crippen molar-refractivity contribution < 1.29 is 28.6 Å². The quantitative estimate of drug-likeness (QED) is 0.361. The standard InChI is InChI=1S/C33H37N3O6/c1-33(2,3)42-32(39)36-18-17-28(34-30(37)40-20-22-11-5-4-6-12-22)29(19-36)35-31(38)41-21-27-25-15-9-7-13-23(25)24-14-8-10-16-26(24)27/h4-16,27-29H,17-21H2,1-3H3,(H,34,37)(H,35,38)/t28-,29+/m0/s1. The molecule has 2 aliphatic rings. The van der Waals surface area contributed by atoms with E-state index in [0.29, 0.717) is 13.0 Å². The molecule has 3 aromatic rings. The molecule has 1 aliphatic heterocycles. The highest BCUT2D eigenvalue weighted by molar-refractivity contribution is 5.79. The van der Waals surface area contributed by atoms with Crippen molar-refractivity contribution in [2.75, 3.05) is 19.7 Å². The third kappa shape index (κ3) is 7.02. The van der Waals surface area contributed by atoms with Crippen LogP contribution in [0, 0.1) is 0 Å². The van der Waals surface area contributed by atoms with Gasteiger partial charge in [0.2, 0.25) is 0 Å². The molecule has 0 radical (unpaired) electrons. The monoisotopic (exact) mass is 571 g/mol. The average molecular weight is 572 g/mol. The Balaban J connectivity index is 1.24. The third-order valence-corrected chi connectivity index (χ3v) is 7.43. The first-order valence-electron chi connectivity index (χ1n) is 14.2. The maximum atomic E-state index is 13.1. The van der Waals surface area contributed by atoms with Gasteiger partial charge in [-0.05, 0) is 55.0 Å². The Hall–Kier alpha value is -4.53. The van der Waals surface area contributed by atoms with E-state index in [-0.39, 0.29) is 25.7 Å². The van der Waals surface area contributed by atoms with Gasteiger partial charge < -0.3 is 29.7 Å². The SMILES string of the molecule is CC(C)(C)OC(=O)N1CC[C@H](NC(=O)OCc2ccccc2)[C@H](NC(=O)OCC2c3ccccc3-c3ccccc32)C1. The van der Waals surface area contributed by atoms with Crippen LogP contribution in [-0.2, 0) is 20.8 Å². The fourth-order valence-electron chi connectivity index (χ4n) is 5.47. The molecule has 5 rings (SSSR count). The Bertz CT molecular complexity index is 1380. The second-order valence-electron chi connectivity index (χ2n) is 11.6. The second kappa shape index (κ2) is 12.5. The normalized spacial score (nSPS) is 17.9. The molecule has 220 valence electrons. The van der Waals surface area contributed by atoms with E-state index in [0.717, 1.165) is 27.8 Å². The zero-order chi connectivity index (χ0) is 29.7. The maximum Gasteiger partial charge on any atom is 0.410 e. The maximum absolute atomic E-state index is 13.1. The number of rotatable bonds is 6. The van der Waals surface area contributed by atoms with Crippen molar-refractivity contribution >= 4 is 18.3 Å². The van der Waals surface area contributed by atoms with Crippen LogP contribution in [0.15, 0.2) is 78.9 Å². The zero-order valence-corrected chi connectivity index (χ0v) is 24.2. The highest BCUT2D eigenvalue weighted by Crippen LogP contribution is 2.44. The molecule has 1 aliphatic carbocycles. The molecular weight excluding hydrogens is 534 g/mol. The van der Waals surface area contributed by atoms with Gasteiger partial charge in [-0.1, -0.05) is 78.9 Å². The first-order valence-corrected chi connectivity index (χ1v) is 14.2. The Morgan fingerprint density at radius 3 is 2.00 bits per heavy atom. The van der Waals surface area contributed by atoms with Crippen LogP contribution in [0.4, 0.5) is 14.4 Å². The van der Waals surface area contributed by atoms with Crippen LogP contribution in [0.1, 0.15) is 49.8 Å². The van der Waals surface area contributed by atoms with Crippen LogP contribution >= 0.6 is 0 Å². The molecule has 1 fully saturated rings. The molecule has 1 heterocycles. The number of nitrogens with one attached hydrogen (secondary N) is 2. The number of amides is 3. The zero-order valence-electron chi connectivity index (χ0n) is 24.2. The number of hydrogen-bond acceptors (Lipinski definition) is 6. The molecule has 0 saturated carbocycles. The van der Waals surface area contributed by atoms with Gasteiger partial charge in [-0.3, -0.25) is 0 Å². The van der Waals surface area contributed by atoms with Gasteiger partial charge in [-0.2, -0.15) is 0 Å². The summed E-state index contributed by atoms with van der Waals surface area (Å²) in [6.45, 7) is 6.16. The number of nitrogens with zero attached hydrogens (tertiary/aromatic N) is 1.